The molecule has 0 bridgehead atoms. The van der Waals surface area contributed by atoms with E-state index >= 15 is 0 Å². The van der Waals surface area contributed by atoms with Crippen molar-refractivity contribution in [1.29, 1.82) is 0 Å². The Bertz CT molecular complexity index is 536. The number of nitrogens with two attached hydrogens (primary N) is 1. The van der Waals surface area contributed by atoms with Gasteiger partial charge in [0.25, 0.3) is 0 Å². The van der Waals surface area contributed by atoms with Crippen molar-refractivity contribution in [3.63, 3.8) is 0 Å². The van der Waals surface area contributed by atoms with Crippen LogP contribution in [0.5, 0.6) is 0 Å². The van der Waals surface area contributed by atoms with Gasteiger partial charge in [-0.05, 0) is 5.41 Å². The third-order valence-electron chi connectivity index (χ3n) is 5.24. The molecule has 1 unspecified atom stereocenters. The van der Waals surface area contributed by atoms with Gasteiger partial charge >= 0.3 is 5.97 Å². The van der Waals surface area contributed by atoms with Crippen LogP contribution in [0.4, 0.5) is 0 Å². The number of hydrogen-bond acceptors (Lipinski definition) is 12. The normalized spacial score (nSPS) is 12.7. The monoisotopic (exact) mass is 585 g/mol. The van der Waals surface area contributed by atoms with Gasteiger partial charge in [-0.2, -0.15) is 0 Å². The number of aliphatic carboxylic acids is 1. The Morgan fingerprint density at radius 2 is 0.725 bits per heavy atom. The molecule has 0 radical (unpaired) electrons. The fourth-order valence-corrected chi connectivity index (χ4v) is 2.96. The Kier molecular flexibility index (Phi) is 28.8. The van der Waals surface area contributed by atoms with Crippen LogP contribution >= 0.6 is 0 Å². The Balaban J connectivity index is 3.16. The first kappa shape index (κ1) is 39.0. The second-order valence-corrected chi connectivity index (χ2v) is 9.63. The van der Waals surface area contributed by atoms with E-state index < -0.39 is 11.9 Å². The average molecular weight is 586 g/mol. The average Bonchev–Trinajstić information content (AvgIpc) is 2.90. The van der Waals surface area contributed by atoms with Crippen molar-refractivity contribution in [1.82, 2.24) is 0 Å². The molecule has 0 saturated carbocycles. The van der Waals surface area contributed by atoms with E-state index in [4.69, 9.17) is 53.1 Å². The van der Waals surface area contributed by atoms with Crippen LogP contribution in [0, 0.1) is 11.3 Å². The Hall–Kier alpha value is -0.970. The minimum Gasteiger partial charge on any atom is -0.481 e. The van der Waals surface area contributed by atoms with Crippen LogP contribution in [-0.2, 0) is 52.2 Å². The van der Waals surface area contributed by atoms with Crippen molar-refractivity contribution in [2.75, 3.05) is 139 Å². The zero-order chi connectivity index (χ0) is 29.6. The van der Waals surface area contributed by atoms with Crippen molar-refractivity contribution in [2.45, 2.75) is 20.8 Å². The maximum absolute atomic E-state index is 11.3. The highest BCUT2D eigenvalue weighted by atomic mass is 16.6. The summed E-state index contributed by atoms with van der Waals surface area (Å²) < 4.78 is 54.0. The third-order valence-corrected chi connectivity index (χ3v) is 5.24. The van der Waals surface area contributed by atoms with E-state index in [1.54, 1.807) is 0 Å². The quantitative estimate of drug-likeness (QED) is 0.107. The second kappa shape index (κ2) is 29.5. The van der Waals surface area contributed by atoms with Crippen LogP contribution in [0.2, 0.25) is 0 Å². The maximum atomic E-state index is 11.3. The highest BCUT2D eigenvalue weighted by molar-refractivity contribution is 5.71. The zero-order valence-electron chi connectivity index (χ0n) is 24.9. The lowest BCUT2D eigenvalue weighted by Gasteiger charge is -2.26. The van der Waals surface area contributed by atoms with E-state index in [1.165, 1.54) is 0 Å². The first-order valence-electron chi connectivity index (χ1n) is 14.1. The van der Waals surface area contributed by atoms with Crippen molar-refractivity contribution < 1.29 is 57.3 Å². The van der Waals surface area contributed by atoms with E-state index in [-0.39, 0.29) is 12.0 Å². The topological polar surface area (TPSA) is 156 Å². The van der Waals surface area contributed by atoms with Gasteiger partial charge in [0, 0.05) is 6.54 Å². The molecule has 0 aromatic heterocycles. The summed E-state index contributed by atoms with van der Waals surface area (Å²) in [6.45, 7) is 15.6. The Labute approximate surface area is 240 Å². The molecule has 0 saturated heterocycles. The molecule has 13 heteroatoms. The van der Waals surface area contributed by atoms with Crippen LogP contribution in [0.3, 0.4) is 0 Å². The summed E-state index contributed by atoms with van der Waals surface area (Å²) in [4.78, 5) is 11.3. The number of carboxylic acids is 1. The molecule has 0 aromatic rings. The van der Waals surface area contributed by atoms with Gasteiger partial charge in [-0.15, -0.1) is 0 Å². The largest absolute Gasteiger partial charge is 0.481 e. The molecule has 0 aliphatic carbocycles. The first-order chi connectivity index (χ1) is 19.4. The van der Waals surface area contributed by atoms with Gasteiger partial charge in [0.1, 0.15) is 0 Å². The molecule has 0 spiro atoms. The molecule has 13 nitrogen and oxygen atoms in total. The molecule has 1 atom stereocenters. The third kappa shape index (κ3) is 28.6. The summed E-state index contributed by atoms with van der Waals surface area (Å²) in [5, 5.41) is 9.26. The second-order valence-electron chi connectivity index (χ2n) is 9.63. The van der Waals surface area contributed by atoms with E-state index in [9.17, 15) is 9.90 Å². The Morgan fingerprint density at radius 1 is 0.500 bits per heavy atom. The number of carboxylic acid groups (broad SMARTS) is 1. The maximum Gasteiger partial charge on any atom is 0.309 e. The van der Waals surface area contributed by atoms with Crippen LogP contribution in [0.1, 0.15) is 20.8 Å². The molecule has 0 heterocycles. The summed E-state index contributed by atoms with van der Waals surface area (Å²) >= 11 is 0. The van der Waals surface area contributed by atoms with Gasteiger partial charge in [0.15, 0.2) is 0 Å². The molecule has 0 fully saturated rings. The predicted molar refractivity (Wildman–Crippen MR) is 148 cm³/mol. The zero-order valence-corrected chi connectivity index (χ0v) is 24.9. The van der Waals surface area contributed by atoms with Crippen molar-refractivity contribution in [2.24, 2.45) is 17.1 Å². The number of ether oxygens (including phenoxy) is 10. The highest BCUT2D eigenvalue weighted by Crippen LogP contribution is 2.26. The standard InChI is InChI=1S/C27H55NO12/c1-27(2,3)25(26(29)30)24-40-23-22-39-21-20-38-19-18-37-17-16-36-15-14-35-13-12-34-11-10-33-9-8-32-7-6-31-5-4-28/h25H,4-24,28H2,1-3H3,(H,29,30). The van der Waals surface area contributed by atoms with Crippen LogP contribution in [-0.4, -0.2) is 150 Å². The molecule has 40 heavy (non-hydrogen) atoms. The molecule has 0 aliphatic rings. The van der Waals surface area contributed by atoms with Gasteiger partial charge in [-0.3, -0.25) is 4.79 Å². The van der Waals surface area contributed by atoms with E-state index in [0.717, 1.165) is 0 Å². The molecule has 3 N–H and O–H groups in total. The first-order valence-corrected chi connectivity index (χ1v) is 14.1. The van der Waals surface area contributed by atoms with Crippen LogP contribution in [0.25, 0.3) is 0 Å². The van der Waals surface area contributed by atoms with Gasteiger partial charge in [-0.1, -0.05) is 20.8 Å². The van der Waals surface area contributed by atoms with Crippen LogP contribution < -0.4 is 5.73 Å². The number of carbonyl (C=O) groups is 1. The summed E-state index contributed by atoms with van der Waals surface area (Å²) in [5.74, 6) is -1.40. The fraction of sp³-hybridized carbons (Fsp3) is 0.963. The molecule has 0 aliphatic heterocycles. The summed E-state index contributed by atoms with van der Waals surface area (Å²) in [7, 11) is 0. The molecule has 0 aromatic carbocycles. The van der Waals surface area contributed by atoms with E-state index in [1.807, 2.05) is 20.8 Å². The van der Waals surface area contributed by atoms with E-state index in [0.29, 0.717) is 132 Å². The molecule has 240 valence electrons. The minimum absolute atomic E-state index is 0.171. The van der Waals surface area contributed by atoms with Crippen molar-refractivity contribution in [3.05, 3.63) is 0 Å². The van der Waals surface area contributed by atoms with Crippen LogP contribution in [0.15, 0.2) is 0 Å². The van der Waals surface area contributed by atoms with Gasteiger partial charge in [0.2, 0.25) is 0 Å². The van der Waals surface area contributed by atoms with Gasteiger partial charge < -0.3 is 58.2 Å². The summed E-state index contributed by atoms with van der Waals surface area (Å²) in [6.07, 6.45) is 0. The van der Waals surface area contributed by atoms with Crippen molar-refractivity contribution >= 4 is 5.97 Å². The van der Waals surface area contributed by atoms with E-state index in [2.05, 4.69) is 0 Å². The lowest BCUT2D eigenvalue weighted by atomic mass is 9.81. The highest BCUT2D eigenvalue weighted by Gasteiger charge is 2.31. The summed E-state index contributed by atoms with van der Waals surface area (Å²) in [5.41, 5.74) is 4.97. The Morgan fingerprint density at radius 3 is 0.925 bits per heavy atom. The molecule has 0 rings (SSSR count). The summed E-state index contributed by atoms with van der Waals surface area (Å²) in [6, 6.07) is 0. The fourth-order valence-electron chi connectivity index (χ4n) is 2.96. The molecule has 0 amide bonds. The number of hydrogen-bond donors (Lipinski definition) is 2. The predicted octanol–water partition coefficient (Wildman–Crippen LogP) is 0.858. The molecular weight excluding hydrogens is 530 g/mol. The van der Waals surface area contributed by atoms with Crippen molar-refractivity contribution in [3.8, 4) is 0 Å². The SMILES string of the molecule is CC(C)(C)C(COCCOCCOCCOCCOCCOCCOCCOCCOCCOCCN)C(=O)O. The van der Waals surface area contributed by atoms with Gasteiger partial charge in [0.05, 0.1) is 138 Å². The smallest absolute Gasteiger partial charge is 0.309 e. The number of rotatable bonds is 32. The lowest BCUT2D eigenvalue weighted by Crippen LogP contribution is -2.32. The van der Waals surface area contributed by atoms with Gasteiger partial charge in [-0.25, -0.2) is 0 Å². The lowest BCUT2D eigenvalue weighted by molar-refractivity contribution is -0.148. The minimum atomic E-state index is -0.847. The molecular formula is C27H55NO12.